The van der Waals surface area contributed by atoms with Crippen molar-refractivity contribution in [1.29, 1.82) is 0 Å². The molecule has 0 spiro atoms. The fraction of sp³-hybridized carbons (Fsp3) is 0.500. The van der Waals surface area contributed by atoms with Crippen LogP contribution in [0.5, 0.6) is 0 Å². The molecular formula is C10H13ClN2O2S2. The summed E-state index contributed by atoms with van der Waals surface area (Å²) in [5.41, 5.74) is 0. The standard InChI is InChI=1S/C10H13ClN2O2S2/c1-13(8-4-6-16-7-8)17(14,15)9-3-2-5-12-10(9)11/h2-3,5,8H,4,6-7H2,1H3. The van der Waals surface area contributed by atoms with E-state index < -0.39 is 10.0 Å². The van der Waals surface area contributed by atoms with E-state index in [0.29, 0.717) is 0 Å². The predicted octanol–water partition coefficient (Wildman–Crippen LogP) is 1.86. The third-order valence-corrected chi connectivity index (χ3v) is 6.30. The van der Waals surface area contributed by atoms with Crippen LogP contribution in [0.4, 0.5) is 0 Å². The van der Waals surface area contributed by atoms with Crippen molar-refractivity contribution in [2.45, 2.75) is 17.4 Å². The number of rotatable bonds is 3. The van der Waals surface area contributed by atoms with Crippen molar-refractivity contribution in [3.05, 3.63) is 23.5 Å². The maximum atomic E-state index is 12.3. The minimum atomic E-state index is -3.53. The molecule has 1 fully saturated rings. The van der Waals surface area contributed by atoms with Crippen molar-refractivity contribution in [3.8, 4) is 0 Å². The molecular weight excluding hydrogens is 280 g/mol. The molecule has 0 radical (unpaired) electrons. The predicted molar refractivity (Wildman–Crippen MR) is 69.9 cm³/mol. The first-order valence-corrected chi connectivity index (χ1v) is 8.17. The summed E-state index contributed by atoms with van der Waals surface area (Å²) in [6.07, 6.45) is 2.37. The summed E-state index contributed by atoms with van der Waals surface area (Å²) < 4.78 is 26.1. The summed E-state index contributed by atoms with van der Waals surface area (Å²) in [5.74, 6) is 1.85. The highest BCUT2D eigenvalue weighted by molar-refractivity contribution is 7.99. The summed E-state index contributed by atoms with van der Waals surface area (Å²) in [7, 11) is -1.92. The lowest BCUT2D eigenvalue weighted by Gasteiger charge is -2.23. The molecule has 1 saturated heterocycles. The van der Waals surface area contributed by atoms with Crippen LogP contribution in [0.25, 0.3) is 0 Å². The highest BCUT2D eigenvalue weighted by atomic mass is 35.5. The minimum absolute atomic E-state index is 0.0324. The van der Waals surface area contributed by atoms with Crippen LogP contribution in [0.1, 0.15) is 6.42 Å². The molecule has 0 aromatic carbocycles. The van der Waals surface area contributed by atoms with Gasteiger partial charge in [0.2, 0.25) is 10.0 Å². The maximum absolute atomic E-state index is 12.3. The topological polar surface area (TPSA) is 50.3 Å². The number of hydrogen-bond donors (Lipinski definition) is 0. The fourth-order valence-corrected chi connectivity index (χ4v) is 4.90. The summed E-state index contributed by atoms with van der Waals surface area (Å²) in [6, 6.07) is 3.13. The molecule has 0 aliphatic carbocycles. The van der Waals surface area contributed by atoms with Crippen molar-refractivity contribution in [2.24, 2.45) is 0 Å². The van der Waals surface area contributed by atoms with E-state index in [0.717, 1.165) is 17.9 Å². The average molecular weight is 293 g/mol. The first kappa shape index (κ1) is 13.1. The highest BCUT2D eigenvalue weighted by Crippen LogP contribution is 2.28. The number of aromatic nitrogens is 1. The van der Waals surface area contributed by atoms with Crippen LogP contribution in [-0.2, 0) is 10.0 Å². The van der Waals surface area contributed by atoms with Gasteiger partial charge in [-0.15, -0.1) is 0 Å². The molecule has 0 amide bonds. The molecule has 1 aromatic rings. The number of pyridine rings is 1. The van der Waals surface area contributed by atoms with Crippen LogP contribution in [0.2, 0.25) is 5.15 Å². The van der Waals surface area contributed by atoms with E-state index in [1.54, 1.807) is 24.9 Å². The number of hydrogen-bond acceptors (Lipinski definition) is 4. The smallest absolute Gasteiger partial charge is 0.243 e. The Morgan fingerprint density at radius 3 is 2.94 bits per heavy atom. The molecule has 0 bridgehead atoms. The van der Waals surface area contributed by atoms with Gasteiger partial charge >= 0.3 is 0 Å². The summed E-state index contributed by atoms with van der Waals surface area (Å²) in [5, 5.41) is 0.0324. The molecule has 94 valence electrons. The monoisotopic (exact) mass is 292 g/mol. The van der Waals surface area contributed by atoms with Gasteiger partial charge in [0.25, 0.3) is 0 Å². The Bertz CT molecular complexity index is 501. The lowest BCUT2D eigenvalue weighted by molar-refractivity contribution is 0.394. The van der Waals surface area contributed by atoms with Gasteiger partial charge in [-0.25, -0.2) is 13.4 Å². The zero-order chi connectivity index (χ0) is 12.5. The molecule has 4 nitrogen and oxygen atoms in total. The van der Waals surface area contributed by atoms with Gasteiger partial charge in [-0.1, -0.05) is 11.6 Å². The fourth-order valence-electron chi connectivity index (χ4n) is 1.72. The zero-order valence-electron chi connectivity index (χ0n) is 9.34. The van der Waals surface area contributed by atoms with E-state index in [9.17, 15) is 8.42 Å². The lowest BCUT2D eigenvalue weighted by atomic mass is 10.3. The van der Waals surface area contributed by atoms with Gasteiger partial charge in [0.15, 0.2) is 0 Å². The van der Waals surface area contributed by atoms with E-state index in [2.05, 4.69) is 4.98 Å². The lowest BCUT2D eigenvalue weighted by Crippen LogP contribution is -2.37. The van der Waals surface area contributed by atoms with Crippen molar-refractivity contribution in [3.63, 3.8) is 0 Å². The third kappa shape index (κ3) is 2.59. The second kappa shape index (κ2) is 5.14. The van der Waals surface area contributed by atoms with Gasteiger partial charge < -0.3 is 0 Å². The number of sulfonamides is 1. The van der Waals surface area contributed by atoms with Crippen molar-refractivity contribution in [2.75, 3.05) is 18.6 Å². The second-order valence-corrected chi connectivity index (χ2v) is 7.30. The molecule has 1 aliphatic heterocycles. The Morgan fingerprint density at radius 1 is 1.59 bits per heavy atom. The molecule has 1 aromatic heterocycles. The summed E-state index contributed by atoms with van der Waals surface area (Å²) >= 11 is 7.61. The minimum Gasteiger partial charge on any atom is -0.243 e. The van der Waals surface area contributed by atoms with Crippen LogP contribution in [0.3, 0.4) is 0 Å². The summed E-state index contributed by atoms with van der Waals surface area (Å²) in [4.78, 5) is 3.89. The largest absolute Gasteiger partial charge is 0.246 e. The molecule has 0 N–H and O–H groups in total. The normalized spacial score (nSPS) is 21.0. The Labute approximate surface area is 110 Å². The zero-order valence-corrected chi connectivity index (χ0v) is 11.7. The molecule has 1 unspecified atom stereocenters. The van der Waals surface area contributed by atoms with E-state index in [-0.39, 0.29) is 16.1 Å². The Kier molecular flexibility index (Phi) is 3.97. The molecule has 17 heavy (non-hydrogen) atoms. The van der Waals surface area contributed by atoms with Gasteiger partial charge in [0, 0.05) is 25.0 Å². The molecule has 2 heterocycles. The Morgan fingerprint density at radius 2 is 2.35 bits per heavy atom. The molecule has 2 rings (SSSR count). The van der Waals surface area contributed by atoms with E-state index in [1.807, 2.05) is 0 Å². The third-order valence-electron chi connectivity index (χ3n) is 2.80. The van der Waals surface area contributed by atoms with Gasteiger partial charge in [0.1, 0.15) is 10.0 Å². The first-order chi connectivity index (χ1) is 8.03. The quantitative estimate of drug-likeness (QED) is 0.798. The van der Waals surface area contributed by atoms with Crippen LogP contribution in [0.15, 0.2) is 23.2 Å². The second-order valence-electron chi connectivity index (χ2n) is 3.83. The number of thioether (sulfide) groups is 1. The summed E-state index contributed by atoms with van der Waals surface area (Å²) in [6.45, 7) is 0. The van der Waals surface area contributed by atoms with Crippen LogP contribution in [0, 0.1) is 0 Å². The van der Waals surface area contributed by atoms with Gasteiger partial charge in [0.05, 0.1) is 0 Å². The Balaban J connectivity index is 2.33. The molecule has 0 saturated carbocycles. The number of halogens is 1. The molecule has 1 atom stereocenters. The van der Waals surface area contributed by atoms with Crippen LogP contribution >= 0.6 is 23.4 Å². The van der Waals surface area contributed by atoms with Gasteiger partial charge in [-0.2, -0.15) is 16.1 Å². The average Bonchev–Trinajstić information content (AvgIpc) is 2.81. The molecule has 1 aliphatic rings. The van der Waals surface area contributed by atoms with E-state index in [4.69, 9.17) is 11.6 Å². The van der Waals surface area contributed by atoms with Crippen LogP contribution in [-0.4, -0.2) is 42.3 Å². The number of nitrogens with zero attached hydrogens (tertiary/aromatic N) is 2. The van der Waals surface area contributed by atoms with Crippen LogP contribution < -0.4 is 0 Å². The highest BCUT2D eigenvalue weighted by Gasteiger charge is 2.31. The van der Waals surface area contributed by atoms with Gasteiger partial charge in [-0.05, 0) is 24.3 Å². The maximum Gasteiger partial charge on any atom is 0.246 e. The van der Waals surface area contributed by atoms with Crippen molar-refractivity contribution < 1.29 is 8.42 Å². The SMILES string of the molecule is CN(C1CCSC1)S(=O)(=O)c1cccnc1Cl. The van der Waals surface area contributed by atoms with Crippen molar-refractivity contribution in [1.82, 2.24) is 9.29 Å². The van der Waals surface area contributed by atoms with E-state index >= 15 is 0 Å². The van der Waals surface area contributed by atoms with Crippen molar-refractivity contribution >= 4 is 33.4 Å². The molecule has 7 heteroatoms. The van der Waals surface area contributed by atoms with E-state index in [1.165, 1.54) is 16.6 Å². The van der Waals surface area contributed by atoms with Gasteiger partial charge in [-0.3, -0.25) is 0 Å². The first-order valence-electron chi connectivity index (χ1n) is 5.20. The Hall–Kier alpha value is -0.300.